The number of carboxylic acids is 1. The zero-order valence-corrected chi connectivity index (χ0v) is 7.45. The van der Waals surface area contributed by atoms with Crippen molar-refractivity contribution in [1.82, 2.24) is 0 Å². The summed E-state index contributed by atoms with van der Waals surface area (Å²) in [6, 6.07) is 0. The maximum Gasteiger partial charge on any atom is 0.330 e. The van der Waals surface area contributed by atoms with E-state index in [1.54, 1.807) is 0 Å². The average molecular weight is 184 g/mol. The minimum Gasteiger partial charge on any atom is -0.478 e. The van der Waals surface area contributed by atoms with Crippen LogP contribution in [0, 0.1) is 5.92 Å². The van der Waals surface area contributed by atoms with Gasteiger partial charge >= 0.3 is 11.9 Å². The van der Waals surface area contributed by atoms with Crippen molar-refractivity contribution in [3.63, 3.8) is 0 Å². The second-order valence-electron chi connectivity index (χ2n) is 3.07. The van der Waals surface area contributed by atoms with Gasteiger partial charge in [0.2, 0.25) is 0 Å². The molecule has 1 aliphatic rings. The molecule has 1 N–H and O–H groups in total. The zero-order valence-electron chi connectivity index (χ0n) is 7.45. The maximum atomic E-state index is 11.1. The van der Waals surface area contributed by atoms with Crippen LogP contribution in [0.15, 0.2) is 11.6 Å². The van der Waals surface area contributed by atoms with Crippen molar-refractivity contribution in [1.29, 1.82) is 0 Å². The molecule has 0 bridgehead atoms. The largest absolute Gasteiger partial charge is 0.478 e. The summed E-state index contributed by atoms with van der Waals surface area (Å²) in [6.07, 6.45) is 2.95. The van der Waals surface area contributed by atoms with Crippen LogP contribution in [0.25, 0.3) is 0 Å². The highest BCUT2D eigenvalue weighted by Crippen LogP contribution is 2.17. The molecule has 0 aromatic rings. The van der Waals surface area contributed by atoms with Crippen LogP contribution in [0.1, 0.15) is 19.8 Å². The zero-order chi connectivity index (χ0) is 9.84. The highest BCUT2D eigenvalue weighted by atomic mass is 16.5. The van der Waals surface area contributed by atoms with Crippen LogP contribution < -0.4 is 0 Å². The normalized spacial score (nSPS) is 23.9. The summed E-state index contributed by atoms with van der Waals surface area (Å²) < 4.78 is 4.79. The van der Waals surface area contributed by atoms with Crippen molar-refractivity contribution < 1.29 is 19.4 Å². The van der Waals surface area contributed by atoms with Crippen molar-refractivity contribution in [3.05, 3.63) is 11.6 Å². The fourth-order valence-electron chi connectivity index (χ4n) is 1.23. The molecule has 1 aliphatic heterocycles. The predicted octanol–water partition coefficient (Wildman–Crippen LogP) is 0.970. The van der Waals surface area contributed by atoms with E-state index in [4.69, 9.17) is 9.84 Å². The van der Waals surface area contributed by atoms with Gasteiger partial charge in [0.25, 0.3) is 0 Å². The smallest absolute Gasteiger partial charge is 0.330 e. The highest BCUT2D eigenvalue weighted by Gasteiger charge is 2.22. The van der Waals surface area contributed by atoms with Gasteiger partial charge in [-0.15, -0.1) is 0 Å². The Kier molecular flexibility index (Phi) is 3.06. The summed E-state index contributed by atoms with van der Waals surface area (Å²) in [6.45, 7) is 1.93. The monoisotopic (exact) mass is 184 g/mol. The van der Waals surface area contributed by atoms with Crippen LogP contribution in [0.5, 0.6) is 0 Å². The molecule has 0 saturated carbocycles. The lowest BCUT2D eigenvalue weighted by atomic mass is 9.99. The van der Waals surface area contributed by atoms with Gasteiger partial charge in [-0.3, -0.25) is 4.79 Å². The Morgan fingerprint density at radius 3 is 2.92 bits per heavy atom. The lowest BCUT2D eigenvalue weighted by Crippen LogP contribution is -2.23. The molecule has 1 rings (SSSR count). The third-order valence-corrected chi connectivity index (χ3v) is 2.00. The topological polar surface area (TPSA) is 63.6 Å². The lowest BCUT2D eigenvalue weighted by molar-refractivity contribution is -0.150. The molecule has 0 spiro atoms. The quantitative estimate of drug-likeness (QED) is 0.513. The predicted molar refractivity (Wildman–Crippen MR) is 45.1 cm³/mol. The molecule has 4 heteroatoms. The van der Waals surface area contributed by atoms with E-state index in [2.05, 4.69) is 0 Å². The van der Waals surface area contributed by atoms with E-state index in [9.17, 15) is 9.59 Å². The molecular weight excluding hydrogens is 172 g/mol. The van der Waals surface area contributed by atoms with Crippen molar-refractivity contribution in [2.75, 3.05) is 6.61 Å². The van der Waals surface area contributed by atoms with E-state index in [-0.39, 0.29) is 17.5 Å². The first-order valence-corrected chi connectivity index (χ1v) is 4.19. The van der Waals surface area contributed by atoms with E-state index in [0.29, 0.717) is 13.0 Å². The first-order valence-electron chi connectivity index (χ1n) is 4.19. The van der Waals surface area contributed by atoms with Gasteiger partial charge < -0.3 is 9.84 Å². The number of carbonyl (C=O) groups is 2. The number of cyclic esters (lactones) is 1. The van der Waals surface area contributed by atoms with Gasteiger partial charge in [-0.1, -0.05) is 6.08 Å². The summed E-state index contributed by atoms with van der Waals surface area (Å²) >= 11 is 0. The summed E-state index contributed by atoms with van der Waals surface area (Å²) in [5.41, 5.74) is 0.198. The van der Waals surface area contributed by atoms with E-state index in [1.165, 1.54) is 13.0 Å². The Balaban J connectivity index is 2.65. The molecule has 0 amide bonds. The molecule has 1 saturated heterocycles. The Bertz CT molecular complexity index is 254. The number of esters is 1. The van der Waals surface area contributed by atoms with Crippen molar-refractivity contribution in [2.45, 2.75) is 19.8 Å². The van der Waals surface area contributed by atoms with E-state index in [1.807, 2.05) is 0 Å². The van der Waals surface area contributed by atoms with Crippen LogP contribution in [-0.4, -0.2) is 23.7 Å². The van der Waals surface area contributed by atoms with Crippen LogP contribution in [-0.2, 0) is 14.3 Å². The molecule has 0 aliphatic carbocycles. The molecule has 1 atom stereocenters. The second kappa shape index (κ2) is 4.07. The van der Waals surface area contributed by atoms with Gasteiger partial charge in [-0.05, 0) is 19.8 Å². The number of hydrogen-bond acceptors (Lipinski definition) is 3. The van der Waals surface area contributed by atoms with Gasteiger partial charge in [0.15, 0.2) is 0 Å². The summed E-state index contributed by atoms with van der Waals surface area (Å²) in [5, 5.41) is 8.58. The minimum atomic E-state index is -0.988. The SMILES string of the molecule is CC(=CC1CCCOC1=O)C(=O)O. The van der Waals surface area contributed by atoms with Gasteiger partial charge in [0.05, 0.1) is 12.5 Å². The molecule has 0 radical (unpaired) electrons. The maximum absolute atomic E-state index is 11.1. The standard InChI is InChI=1S/C9H12O4/c1-6(8(10)11)5-7-3-2-4-13-9(7)12/h5,7H,2-4H2,1H3,(H,10,11). The van der Waals surface area contributed by atoms with Gasteiger partial charge in [0, 0.05) is 5.57 Å². The fourth-order valence-corrected chi connectivity index (χ4v) is 1.23. The molecule has 1 fully saturated rings. The van der Waals surface area contributed by atoms with Crippen molar-refractivity contribution in [3.8, 4) is 0 Å². The summed E-state index contributed by atoms with van der Waals surface area (Å²) in [5.74, 6) is -1.67. The Morgan fingerprint density at radius 1 is 1.69 bits per heavy atom. The van der Waals surface area contributed by atoms with Crippen molar-refractivity contribution >= 4 is 11.9 Å². The fraction of sp³-hybridized carbons (Fsp3) is 0.556. The molecule has 13 heavy (non-hydrogen) atoms. The van der Waals surface area contributed by atoms with Gasteiger partial charge in [-0.2, -0.15) is 0 Å². The Hall–Kier alpha value is -1.32. The number of aliphatic carboxylic acids is 1. The minimum absolute atomic E-state index is 0.198. The lowest BCUT2D eigenvalue weighted by Gasteiger charge is -2.17. The summed E-state index contributed by atoms with van der Waals surface area (Å²) in [7, 11) is 0. The molecule has 0 aromatic heterocycles. The van der Waals surface area contributed by atoms with E-state index in [0.717, 1.165) is 6.42 Å². The molecule has 1 unspecified atom stereocenters. The number of rotatable bonds is 2. The second-order valence-corrected chi connectivity index (χ2v) is 3.07. The number of carboxylic acid groups (broad SMARTS) is 1. The molecule has 1 heterocycles. The van der Waals surface area contributed by atoms with Crippen molar-refractivity contribution in [2.24, 2.45) is 5.92 Å². The average Bonchev–Trinajstić information content (AvgIpc) is 2.08. The molecule has 0 aromatic carbocycles. The highest BCUT2D eigenvalue weighted by molar-refractivity contribution is 5.87. The van der Waals surface area contributed by atoms with Gasteiger partial charge in [0.1, 0.15) is 0 Å². The number of hydrogen-bond donors (Lipinski definition) is 1. The Morgan fingerprint density at radius 2 is 2.38 bits per heavy atom. The number of ether oxygens (including phenoxy) is 1. The first-order chi connectivity index (χ1) is 6.11. The molecular formula is C9H12O4. The van der Waals surface area contributed by atoms with Crippen LogP contribution >= 0.6 is 0 Å². The molecule has 4 nitrogen and oxygen atoms in total. The van der Waals surface area contributed by atoms with E-state index < -0.39 is 5.97 Å². The van der Waals surface area contributed by atoms with Crippen LogP contribution in [0.3, 0.4) is 0 Å². The van der Waals surface area contributed by atoms with Crippen LogP contribution in [0.2, 0.25) is 0 Å². The third kappa shape index (κ3) is 2.57. The first kappa shape index (κ1) is 9.77. The third-order valence-electron chi connectivity index (χ3n) is 2.00. The van der Waals surface area contributed by atoms with Gasteiger partial charge in [-0.25, -0.2) is 4.79 Å². The Labute approximate surface area is 76.2 Å². The number of carbonyl (C=O) groups excluding carboxylic acids is 1. The summed E-state index contributed by atoms with van der Waals surface area (Å²) in [4.78, 5) is 21.6. The van der Waals surface area contributed by atoms with E-state index >= 15 is 0 Å². The molecule has 72 valence electrons. The van der Waals surface area contributed by atoms with Crippen LogP contribution in [0.4, 0.5) is 0 Å².